The number of morpholine rings is 1. The van der Waals surface area contributed by atoms with Crippen LogP contribution in [-0.4, -0.2) is 51.8 Å². The quantitative estimate of drug-likeness (QED) is 0.457. The number of ether oxygens (including phenoxy) is 3. The van der Waals surface area contributed by atoms with Gasteiger partial charge in [0, 0.05) is 13.1 Å². The topological polar surface area (TPSA) is 103 Å². The van der Waals surface area contributed by atoms with Gasteiger partial charge in [-0.3, -0.25) is 4.72 Å². The van der Waals surface area contributed by atoms with Crippen LogP contribution in [0.4, 0.5) is 11.8 Å². The van der Waals surface area contributed by atoms with Gasteiger partial charge in [-0.25, -0.2) is 8.42 Å². The van der Waals surface area contributed by atoms with E-state index in [1.807, 2.05) is 23.1 Å². The summed E-state index contributed by atoms with van der Waals surface area (Å²) >= 11 is 6.47. The number of sulfonamides is 1. The van der Waals surface area contributed by atoms with Gasteiger partial charge in [-0.15, -0.1) is 0 Å². The van der Waals surface area contributed by atoms with Crippen molar-refractivity contribution < 1.29 is 22.6 Å². The zero-order valence-electron chi connectivity index (χ0n) is 18.3. The molecular weight excluding hydrogens is 480 g/mol. The number of anilines is 2. The van der Waals surface area contributed by atoms with Gasteiger partial charge in [-0.2, -0.15) is 9.97 Å². The number of hydrogen-bond donors (Lipinski definition) is 1. The molecule has 2 aromatic carbocycles. The summed E-state index contributed by atoms with van der Waals surface area (Å²) in [6.07, 6.45) is 1.48. The summed E-state index contributed by atoms with van der Waals surface area (Å²) < 4.78 is 44.9. The van der Waals surface area contributed by atoms with Crippen LogP contribution in [0.3, 0.4) is 0 Å². The predicted octanol–water partition coefficient (Wildman–Crippen LogP) is 4.18. The minimum absolute atomic E-state index is 0.0418. The average Bonchev–Trinajstić information content (AvgIpc) is 2.86. The standard InChI is InChI=1S/C23H23ClN4O5S/c1-31-18-9-5-6-10-19(18)33-20-21(24)25-23(28-12-14-32-15-13-28)26-22(20)27-34(29,30)16-11-17-7-3-2-4-8-17/h2-11,16H,12-15H2,1H3,(H,25,26,27). The Morgan fingerprint density at radius 3 is 2.41 bits per heavy atom. The van der Waals surface area contributed by atoms with E-state index in [9.17, 15) is 8.42 Å². The van der Waals surface area contributed by atoms with Gasteiger partial charge < -0.3 is 19.1 Å². The minimum atomic E-state index is -3.96. The molecule has 1 N–H and O–H groups in total. The van der Waals surface area contributed by atoms with Crippen LogP contribution >= 0.6 is 11.6 Å². The number of hydrogen-bond acceptors (Lipinski definition) is 8. The van der Waals surface area contributed by atoms with Crippen molar-refractivity contribution >= 4 is 39.5 Å². The molecule has 1 aliphatic heterocycles. The molecule has 2 heterocycles. The van der Waals surface area contributed by atoms with Crippen molar-refractivity contribution in [1.29, 1.82) is 0 Å². The van der Waals surface area contributed by atoms with Crippen molar-refractivity contribution in [1.82, 2.24) is 9.97 Å². The number of benzene rings is 2. The summed E-state index contributed by atoms with van der Waals surface area (Å²) in [4.78, 5) is 10.6. The number of aromatic nitrogens is 2. The molecule has 11 heteroatoms. The summed E-state index contributed by atoms with van der Waals surface area (Å²) in [6.45, 7) is 2.09. The Labute approximate surface area is 203 Å². The van der Waals surface area contributed by atoms with Crippen LogP contribution in [-0.2, 0) is 14.8 Å². The van der Waals surface area contributed by atoms with Gasteiger partial charge >= 0.3 is 0 Å². The van der Waals surface area contributed by atoms with Gasteiger partial charge in [-0.05, 0) is 23.8 Å². The lowest BCUT2D eigenvalue weighted by Gasteiger charge is -2.27. The summed E-state index contributed by atoms with van der Waals surface area (Å²) in [7, 11) is -2.46. The molecule has 1 fully saturated rings. The number of halogens is 1. The van der Waals surface area contributed by atoms with Crippen LogP contribution in [0.5, 0.6) is 17.2 Å². The van der Waals surface area contributed by atoms with Crippen LogP contribution in [0.15, 0.2) is 60.0 Å². The molecule has 178 valence electrons. The molecular formula is C23H23ClN4O5S. The maximum absolute atomic E-state index is 12.9. The molecule has 1 saturated heterocycles. The monoisotopic (exact) mass is 502 g/mol. The highest BCUT2D eigenvalue weighted by Crippen LogP contribution is 2.39. The van der Waals surface area contributed by atoms with Crippen molar-refractivity contribution in [3.63, 3.8) is 0 Å². The van der Waals surface area contributed by atoms with Gasteiger partial charge in [0.2, 0.25) is 11.7 Å². The average molecular weight is 503 g/mol. The van der Waals surface area contributed by atoms with Crippen molar-refractivity contribution in [2.75, 3.05) is 43.0 Å². The number of nitrogens with zero attached hydrogens (tertiary/aromatic N) is 3. The van der Waals surface area contributed by atoms with Gasteiger partial charge in [0.15, 0.2) is 22.5 Å². The molecule has 34 heavy (non-hydrogen) atoms. The predicted molar refractivity (Wildman–Crippen MR) is 131 cm³/mol. The van der Waals surface area contributed by atoms with E-state index in [0.29, 0.717) is 37.8 Å². The Bertz CT molecular complexity index is 1270. The Morgan fingerprint density at radius 2 is 1.71 bits per heavy atom. The fourth-order valence-electron chi connectivity index (χ4n) is 3.19. The van der Waals surface area contributed by atoms with Gasteiger partial charge in [0.05, 0.1) is 25.7 Å². The van der Waals surface area contributed by atoms with E-state index < -0.39 is 10.0 Å². The van der Waals surface area contributed by atoms with Crippen LogP contribution < -0.4 is 19.1 Å². The third-order valence-corrected chi connectivity index (χ3v) is 6.09. The summed E-state index contributed by atoms with van der Waals surface area (Å²) in [5.74, 6) is 0.902. The van der Waals surface area contributed by atoms with E-state index in [1.54, 1.807) is 36.4 Å². The van der Waals surface area contributed by atoms with Crippen molar-refractivity contribution in [3.8, 4) is 17.2 Å². The lowest BCUT2D eigenvalue weighted by atomic mass is 10.2. The Hall–Kier alpha value is -3.34. The molecule has 0 radical (unpaired) electrons. The molecule has 0 aliphatic carbocycles. The third kappa shape index (κ3) is 5.96. The molecule has 1 aromatic heterocycles. The third-order valence-electron chi connectivity index (χ3n) is 4.87. The van der Waals surface area contributed by atoms with Crippen molar-refractivity contribution in [3.05, 3.63) is 70.7 Å². The largest absolute Gasteiger partial charge is 0.493 e. The van der Waals surface area contributed by atoms with Crippen molar-refractivity contribution in [2.45, 2.75) is 0 Å². The zero-order valence-corrected chi connectivity index (χ0v) is 19.9. The fraction of sp³-hybridized carbons (Fsp3) is 0.217. The first-order chi connectivity index (χ1) is 16.4. The lowest BCUT2D eigenvalue weighted by molar-refractivity contribution is 0.122. The van der Waals surface area contributed by atoms with Crippen LogP contribution in [0.2, 0.25) is 5.15 Å². The lowest BCUT2D eigenvalue weighted by Crippen LogP contribution is -2.37. The highest BCUT2D eigenvalue weighted by atomic mass is 35.5. The van der Waals surface area contributed by atoms with Crippen LogP contribution in [0.1, 0.15) is 5.56 Å². The van der Waals surface area contributed by atoms with E-state index in [0.717, 1.165) is 11.0 Å². The molecule has 9 nitrogen and oxygen atoms in total. The number of methoxy groups -OCH3 is 1. The molecule has 0 unspecified atom stereocenters. The summed E-state index contributed by atoms with van der Waals surface area (Å²) in [6, 6.07) is 16.0. The Kier molecular flexibility index (Phi) is 7.51. The highest BCUT2D eigenvalue weighted by Gasteiger charge is 2.23. The number of nitrogens with one attached hydrogen (secondary N) is 1. The van der Waals surface area contributed by atoms with Crippen LogP contribution in [0, 0.1) is 0 Å². The first-order valence-electron chi connectivity index (χ1n) is 10.4. The van der Waals surface area contributed by atoms with Crippen molar-refractivity contribution in [2.24, 2.45) is 0 Å². The number of rotatable bonds is 8. The van der Waals surface area contributed by atoms with Crippen LogP contribution in [0.25, 0.3) is 6.08 Å². The second kappa shape index (κ2) is 10.7. The van der Waals surface area contributed by atoms with E-state index in [1.165, 1.54) is 13.2 Å². The molecule has 0 amide bonds. The number of para-hydroxylation sites is 2. The smallest absolute Gasteiger partial charge is 0.256 e. The molecule has 0 saturated carbocycles. The second-order valence-electron chi connectivity index (χ2n) is 7.20. The minimum Gasteiger partial charge on any atom is -0.493 e. The molecule has 0 bridgehead atoms. The summed E-state index contributed by atoms with van der Waals surface area (Å²) in [5, 5.41) is 1.01. The van der Waals surface area contributed by atoms with E-state index in [2.05, 4.69) is 14.7 Å². The summed E-state index contributed by atoms with van der Waals surface area (Å²) in [5.41, 5.74) is 0.730. The Morgan fingerprint density at radius 1 is 1.03 bits per heavy atom. The zero-order chi connectivity index (χ0) is 24.0. The van der Waals surface area contributed by atoms with E-state index in [4.69, 9.17) is 25.8 Å². The molecule has 3 aromatic rings. The normalized spacial score (nSPS) is 14.2. The molecule has 1 aliphatic rings. The van der Waals surface area contributed by atoms with Gasteiger partial charge in [0.25, 0.3) is 10.0 Å². The van der Waals surface area contributed by atoms with E-state index in [-0.39, 0.29) is 22.7 Å². The SMILES string of the molecule is COc1ccccc1Oc1c(Cl)nc(N2CCOCC2)nc1NS(=O)(=O)C=Cc1ccccc1. The maximum atomic E-state index is 12.9. The molecule has 0 atom stereocenters. The van der Waals surface area contributed by atoms with E-state index >= 15 is 0 Å². The maximum Gasteiger partial charge on any atom is 0.256 e. The second-order valence-corrected chi connectivity index (χ2v) is 9.13. The van der Waals surface area contributed by atoms with Gasteiger partial charge in [0.1, 0.15) is 0 Å². The molecule has 4 rings (SSSR count). The first-order valence-corrected chi connectivity index (χ1v) is 12.3. The highest BCUT2D eigenvalue weighted by molar-refractivity contribution is 7.95. The Balaban J connectivity index is 1.71. The molecule has 0 spiro atoms. The fourth-order valence-corrected chi connectivity index (χ4v) is 4.21. The van der Waals surface area contributed by atoms with Gasteiger partial charge in [-0.1, -0.05) is 54.1 Å². The first kappa shape index (κ1) is 23.8.